The van der Waals surface area contributed by atoms with Crippen LogP contribution in [0.15, 0.2) is 47.0 Å². The predicted octanol–water partition coefficient (Wildman–Crippen LogP) is 0.755. The highest BCUT2D eigenvalue weighted by molar-refractivity contribution is 7.89. The molecule has 0 aliphatic carbocycles. The number of sulfonamides is 1. The van der Waals surface area contributed by atoms with Gasteiger partial charge in [0.25, 0.3) is 5.91 Å². The molecule has 9 heteroatoms. The van der Waals surface area contributed by atoms with Crippen LogP contribution in [-0.4, -0.2) is 62.1 Å². The Bertz CT molecular complexity index is 766. The van der Waals surface area contributed by atoms with Crippen molar-refractivity contribution in [2.24, 2.45) is 0 Å². The van der Waals surface area contributed by atoms with Crippen LogP contribution in [0.5, 0.6) is 0 Å². The molecule has 1 aliphatic rings. The van der Waals surface area contributed by atoms with Gasteiger partial charge in [-0.25, -0.2) is 8.42 Å². The Kier molecular flexibility index (Phi) is 6.82. The smallest absolute Gasteiger partial charge is 0.263 e. The van der Waals surface area contributed by atoms with Gasteiger partial charge in [0, 0.05) is 44.8 Å². The Labute approximate surface area is 152 Å². The Morgan fingerprint density at radius 1 is 1.24 bits per heavy atom. The van der Waals surface area contributed by atoms with E-state index in [-0.39, 0.29) is 36.0 Å². The highest BCUT2D eigenvalue weighted by Crippen LogP contribution is 2.17. The fraction of sp³-hybridized carbons (Fsp3) is 0.375. The third kappa shape index (κ3) is 4.95. The summed E-state index contributed by atoms with van der Waals surface area (Å²) in [5.74, 6) is -0.219. The number of carbonyl (C=O) groups excluding carboxylic acids is 1. The van der Waals surface area contributed by atoms with Crippen molar-refractivity contribution in [2.75, 3.05) is 38.6 Å². The fourth-order valence-electron chi connectivity index (χ4n) is 2.39. The summed E-state index contributed by atoms with van der Waals surface area (Å²) in [7, 11) is -3.52. The molecule has 7 nitrogen and oxygen atoms in total. The lowest BCUT2D eigenvalue weighted by Gasteiger charge is -2.33. The number of piperazine rings is 1. The Morgan fingerprint density at radius 3 is 2.44 bits per heavy atom. The highest BCUT2D eigenvalue weighted by atomic mass is 35.5. The number of nitrogens with one attached hydrogen (secondary N) is 1. The first-order chi connectivity index (χ1) is 12.0. The van der Waals surface area contributed by atoms with Gasteiger partial charge in [0.2, 0.25) is 10.0 Å². The zero-order valence-electron chi connectivity index (χ0n) is 13.6. The van der Waals surface area contributed by atoms with Crippen LogP contribution in [0.4, 0.5) is 0 Å². The summed E-state index contributed by atoms with van der Waals surface area (Å²) in [6.07, 6.45) is 1.47. The minimum Gasteiger partial charge on any atom is -0.373 e. The standard InChI is InChI=1S/C16H19ClN4O3S/c17-6-7-19-16(22)14(12-18)13-20-8-10-21(11-9-20)25(23,24)15-4-2-1-3-5-15/h1-5,13H,6-11H2,(H,19,22)/b14-13-. The van der Waals surface area contributed by atoms with E-state index < -0.39 is 15.9 Å². The summed E-state index contributed by atoms with van der Waals surface area (Å²) < 4.78 is 26.5. The molecule has 2 rings (SSSR count). The lowest BCUT2D eigenvalue weighted by Crippen LogP contribution is -2.47. The number of amides is 1. The topological polar surface area (TPSA) is 93.5 Å². The van der Waals surface area contributed by atoms with Crippen molar-refractivity contribution in [1.29, 1.82) is 5.26 Å². The molecule has 1 aromatic rings. The van der Waals surface area contributed by atoms with Gasteiger partial charge in [-0.1, -0.05) is 18.2 Å². The number of nitrogens with zero attached hydrogens (tertiary/aromatic N) is 3. The maximum absolute atomic E-state index is 12.6. The van der Waals surface area contributed by atoms with Crippen LogP contribution in [0.1, 0.15) is 0 Å². The molecule has 0 spiro atoms. The van der Waals surface area contributed by atoms with Crippen LogP contribution in [0.2, 0.25) is 0 Å². The SMILES string of the molecule is N#C/C(=C/N1CCN(S(=O)(=O)c2ccccc2)CC1)C(=O)NCCCl. The minimum atomic E-state index is -3.52. The van der Waals surface area contributed by atoms with Crippen molar-refractivity contribution < 1.29 is 13.2 Å². The van der Waals surface area contributed by atoms with Crippen molar-refractivity contribution >= 4 is 27.5 Å². The predicted molar refractivity (Wildman–Crippen MR) is 94.2 cm³/mol. The average Bonchev–Trinajstić information content (AvgIpc) is 2.65. The third-order valence-corrected chi connectivity index (χ3v) is 5.81. The summed E-state index contributed by atoms with van der Waals surface area (Å²) in [5, 5.41) is 11.6. The van der Waals surface area contributed by atoms with Crippen LogP contribution in [0.25, 0.3) is 0 Å². The second kappa shape index (κ2) is 8.85. The first-order valence-electron chi connectivity index (χ1n) is 7.74. The lowest BCUT2D eigenvalue weighted by molar-refractivity contribution is -0.117. The highest BCUT2D eigenvalue weighted by Gasteiger charge is 2.27. The minimum absolute atomic E-state index is 0.0236. The summed E-state index contributed by atoms with van der Waals surface area (Å²) >= 11 is 5.50. The molecule has 0 radical (unpaired) electrons. The molecular formula is C16H19ClN4O3S. The van der Waals surface area contributed by atoms with E-state index in [1.807, 2.05) is 6.07 Å². The van der Waals surface area contributed by atoms with Crippen molar-refractivity contribution in [3.63, 3.8) is 0 Å². The molecule has 0 saturated carbocycles. The summed E-state index contributed by atoms with van der Waals surface area (Å²) in [4.78, 5) is 13.9. The molecule has 0 atom stereocenters. The number of nitriles is 1. The van der Waals surface area contributed by atoms with E-state index in [2.05, 4.69) is 5.32 Å². The molecule has 1 fully saturated rings. The lowest BCUT2D eigenvalue weighted by atomic mass is 10.2. The average molecular weight is 383 g/mol. The molecule has 0 bridgehead atoms. The zero-order chi connectivity index (χ0) is 18.3. The van der Waals surface area contributed by atoms with E-state index in [1.165, 1.54) is 10.5 Å². The van der Waals surface area contributed by atoms with E-state index in [1.54, 1.807) is 35.2 Å². The van der Waals surface area contributed by atoms with E-state index in [9.17, 15) is 13.2 Å². The zero-order valence-corrected chi connectivity index (χ0v) is 15.1. The molecule has 134 valence electrons. The van der Waals surface area contributed by atoms with Gasteiger partial charge >= 0.3 is 0 Å². The summed E-state index contributed by atoms with van der Waals surface area (Å²) in [6.45, 7) is 1.66. The Morgan fingerprint density at radius 2 is 1.88 bits per heavy atom. The monoisotopic (exact) mass is 382 g/mol. The van der Waals surface area contributed by atoms with Gasteiger partial charge in [-0.3, -0.25) is 4.79 Å². The number of hydrogen-bond donors (Lipinski definition) is 1. The molecule has 1 aliphatic heterocycles. The van der Waals surface area contributed by atoms with Crippen molar-refractivity contribution in [1.82, 2.24) is 14.5 Å². The van der Waals surface area contributed by atoms with Crippen LogP contribution < -0.4 is 5.32 Å². The number of alkyl halides is 1. The van der Waals surface area contributed by atoms with Gasteiger partial charge in [-0.05, 0) is 12.1 Å². The molecule has 1 amide bonds. The molecular weight excluding hydrogens is 364 g/mol. The largest absolute Gasteiger partial charge is 0.373 e. The second-order valence-corrected chi connectivity index (χ2v) is 7.67. The van der Waals surface area contributed by atoms with Crippen LogP contribution in [-0.2, 0) is 14.8 Å². The molecule has 0 aromatic heterocycles. The van der Waals surface area contributed by atoms with Gasteiger partial charge in [0.15, 0.2) is 0 Å². The first-order valence-corrected chi connectivity index (χ1v) is 9.72. The molecule has 1 saturated heterocycles. The van der Waals surface area contributed by atoms with Crippen molar-refractivity contribution in [3.8, 4) is 6.07 Å². The Hall–Kier alpha value is -2.08. The van der Waals surface area contributed by atoms with Crippen LogP contribution in [0.3, 0.4) is 0 Å². The first kappa shape index (κ1) is 19.2. The van der Waals surface area contributed by atoms with Crippen molar-refractivity contribution in [2.45, 2.75) is 4.90 Å². The van der Waals surface area contributed by atoms with E-state index >= 15 is 0 Å². The second-order valence-electron chi connectivity index (χ2n) is 5.35. The fourth-order valence-corrected chi connectivity index (χ4v) is 3.93. The number of benzene rings is 1. The molecule has 1 aromatic carbocycles. The third-order valence-electron chi connectivity index (χ3n) is 3.71. The molecule has 1 N–H and O–H groups in total. The van der Waals surface area contributed by atoms with E-state index in [0.717, 1.165) is 0 Å². The number of rotatable bonds is 6. The van der Waals surface area contributed by atoms with Gasteiger partial charge in [0.1, 0.15) is 11.6 Å². The van der Waals surface area contributed by atoms with Gasteiger partial charge in [0.05, 0.1) is 4.90 Å². The van der Waals surface area contributed by atoms with Crippen LogP contribution in [0, 0.1) is 11.3 Å². The van der Waals surface area contributed by atoms with Gasteiger partial charge in [-0.2, -0.15) is 9.57 Å². The van der Waals surface area contributed by atoms with Crippen molar-refractivity contribution in [3.05, 3.63) is 42.1 Å². The van der Waals surface area contributed by atoms with Gasteiger partial charge in [-0.15, -0.1) is 11.6 Å². The summed E-state index contributed by atoms with van der Waals surface area (Å²) in [5.41, 5.74) is -0.0236. The molecule has 1 heterocycles. The number of halogens is 1. The maximum Gasteiger partial charge on any atom is 0.263 e. The molecule has 25 heavy (non-hydrogen) atoms. The van der Waals surface area contributed by atoms with Crippen LogP contribution >= 0.6 is 11.6 Å². The summed E-state index contributed by atoms with van der Waals surface area (Å²) in [6, 6.07) is 10.1. The Balaban J connectivity index is 2.00. The van der Waals surface area contributed by atoms with E-state index in [0.29, 0.717) is 13.1 Å². The number of carbonyl (C=O) groups is 1. The number of hydrogen-bond acceptors (Lipinski definition) is 5. The van der Waals surface area contributed by atoms with E-state index in [4.69, 9.17) is 16.9 Å². The molecule has 0 unspecified atom stereocenters. The van der Waals surface area contributed by atoms with Gasteiger partial charge < -0.3 is 10.2 Å². The quantitative estimate of drug-likeness (QED) is 0.445. The normalized spacial score (nSPS) is 16.3. The maximum atomic E-state index is 12.6.